The molecule has 1 aliphatic heterocycles. The normalized spacial score (nSPS) is 15.6. The lowest BCUT2D eigenvalue weighted by molar-refractivity contribution is -0.122. The molecule has 1 saturated heterocycles. The maximum Gasteiger partial charge on any atom is 0.236 e. The number of aromatic nitrogens is 3. The number of nitrogens with zero attached hydrogens (tertiary/aromatic N) is 4. The van der Waals surface area contributed by atoms with Crippen molar-refractivity contribution in [2.24, 2.45) is 5.92 Å². The highest BCUT2D eigenvalue weighted by atomic mass is 32.2. The van der Waals surface area contributed by atoms with E-state index in [4.69, 9.17) is 4.74 Å². The lowest BCUT2D eigenvalue weighted by atomic mass is 10.1. The van der Waals surface area contributed by atoms with Crippen molar-refractivity contribution in [2.75, 3.05) is 34.9 Å². The first-order valence-electron chi connectivity index (χ1n) is 9.43. The highest BCUT2D eigenvalue weighted by Gasteiger charge is 2.35. The maximum absolute atomic E-state index is 12.7. The van der Waals surface area contributed by atoms with Crippen LogP contribution in [0.15, 0.2) is 40.2 Å². The number of benzene rings is 1. The zero-order valence-electron chi connectivity index (χ0n) is 16.8. The average Bonchev–Trinajstić information content (AvgIpc) is 3.54. The number of carbonyl (C=O) groups excluding carboxylic acids is 3. The number of anilines is 3. The van der Waals surface area contributed by atoms with Crippen LogP contribution in [0.1, 0.15) is 6.42 Å². The molecule has 2 aromatic heterocycles. The van der Waals surface area contributed by atoms with Gasteiger partial charge in [0.15, 0.2) is 9.47 Å². The zero-order chi connectivity index (χ0) is 22.5. The van der Waals surface area contributed by atoms with Crippen molar-refractivity contribution >= 4 is 68.1 Å². The Morgan fingerprint density at radius 3 is 2.94 bits per heavy atom. The fraction of sp³-hybridized carbons (Fsp3) is 0.263. The lowest BCUT2D eigenvalue weighted by Gasteiger charge is -2.17. The quantitative estimate of drug-likeness (QED) is 0.365. The second kappa shape index (κ2) is 10.1. The Bertz CT molecular complexity index is 1120. The predicted octanol–water partition coefficient (Wildman–Crippen LogP) is 2.73. The van der Waals surface area contributed by atoms with Crippen LogP contribution in [0.5, 0.6) is 5.75 Å². The van der Waals surface area contributed by atoms with Gasteiger partial charge in [0.05, 0.1) is 18.8 Å². The van der Waals surface area contributed by atoms with Crippen molar-refractivity contribution in [3.63, 3.8) is 0 Å². The fourth-order valence-corrected chi connectivity index (χ4v) is 5.10. The first-order valence-corrected chi connectivity index (χ1v) is 12.1. The molecule has 1 aliphatic rings. The van der Waals surface area contributed by atoms with E-state index < -0.39 is 5.92 Å². The molecule has 1 aromatic carbocycles. The zero-order valence-corrected chi connectivity index (χ0v) is 19.3. The monoisotopic (exact) mass is 490 g/mol. The molecular formula is C19H18N6O4S3. The Balaban J connectivity index is 1.29. The third-order valence-electron chi connectivity index (χ3n) is 4.50. The van der Waals surface area contributed by atoms with Crippen molar-refractivity contribution in [2.45, 2.75) is 10.8 Å². The van der Waals surface area contributed by atoms with E-state index in [9.17, 15) is 14.4 Å². The van der Waals surface area contributed by atoms with Gasteiger partial charge in [0.2, 0.25) is 22.9 Å². The van der Waals surface area contributed by atoms with Gasteiger partial charge in [-0.3, -0.25) is 14.4 Å². The minimum atomic E-state index is -0.502. The Hall–Kier alpha value is -3.03. The molecular weight excluding hydrogens is 472 g/mol. The van der Waals surface area contributed by atoms with Gasteiger partial charge in [-0.15, -0.1) is 21.5 Å². The Kier molecular flexibility index (Phi) is 6.97. The Morgan fingerprint density at radius 2 is 2.16 bits per heavy atom. The van der Waals surface area contributed by atoms with Gasteiger partial charge >= 0.3 is 0 Å². The number of thiazole rings is 1. The van der Waals surface area contributed by atoms with E-state index in [1.165, 1.54) is 34.4 Å². The van der Waals surface area contributed by atoms with Crippen LogP contribution in [0.4, 0.5) is 16.0 Å². The van der Waals surface area contributed by atoms with E-state index in [-0.39, 0.29) is 36.4 Å². The fourth-order valence-electron chi connectivity index (χ4n) is 3.00. The number of rotatable bonds is 8. The number of carbonyl (C=O) groups is 3. The van der Waals surface area contributed by atoms with Gasteiger partial charge in [-0.1, -0.05) is 29.2 Å². The molecule has 1 atom stereocenters. The van der Waals surface area contributed by atoms with E-state index in [0.717, 1.165) is 0 Å². The first-order chi connectivity index (χ1) is 15.5. The third kappa shape index (κ3) is 5.41. The summed E-state index contributed by atoms with van der Waals surface area (Å²) in [6.07, 6.45) is 1.72. The van der Waals surface area contributed by atoms with Gasteiger partial charge in [-0.05, 0) is 12.1 Å². The van der Waals surface area contributed by atoms with Crippen LogP contribution in [0.2, 0.25) is 0 Å². The van der Waals surface area contributed by atoms with Crippen LogP contribution >= 0.6 is 34.4 Å². The van der Waals surface area contributed by atoms with E-state index >= 15 is 0 Å². The minimum absolute atomic E-state index is 0.111. The number of amides is 3. The van der Waals surface area contributed by atoms with Gasteiger partial charge in [0.1, 0.15) is 5.75 Å². The predicted molar refractivity (Wildman–Crippen MR) is 123 cm³/mol. The Morgan fingerprint density at radius 1 is 1.28 bits per heavy atom. The Labute approximate surface area is 195 Å². The van der Waals surface area contributed by atoms with Crippen molar-refractivity contribution in [3.8, 4) is 5.75 Å². The molecule has 0 spiro atoms. The second-order valence-electron chi connectivity index (χ2n) is 6.64. The molecule has 0 saturated carbocycles. The smallest absolute Gasteiger partial charge is 0.236 e. The second-order valence-corrected chi connectivity index (χ2v) is 9.74. The summed E-state index contributed by atoms with van der Waals surface area (Å²) in [6, 6.07) is 7.16. The molecule has 10 nitrogen and oxygen atoms in total. The summed E-state index contributed by atoms with van der Waals surface area (Å²) in [5, 5.41) is 16.0. The van der Waals surface area contributed by atoms with Crippen molar-refractivity contribution in [1.82, 2.24) is 15.2 Å². The number of ether oxygens (including phenoxy) is 1. The maximum atomic E-state index is 12.7. The van der Waals surface area contributed by atoms with Crippen LogP contribution < -0.4 is 20.3 Å². The number of hydrogen-bond acceptors (Lipinski definition) is 10. The van der Waals surface area contributed by atoms with Gasteiger partial charge in [0.25, 0.3) is 0 Å². The molecule has 3 heterocycles. The van der Waals surface area contributed by atoms with E-state index in [0.29, 0.717) is 26.0 Å². The molecule has 1 fully saturated rings. The van der Waals surface area contributed by atoms with Gasteiger partial charge in [-0.25, -0.2) is 4.98 Å². The van der Waals surface area contributed by atoms with Gasteiger partial charge in [0, 0.05) is 36.3 Å². The van der Waals surface area contributed by atoms with Crippen LogP contribution in [0, 0.1) is 5.92 Å². The summed E-state index contributed by atoms with van der Waals surface area (Å²) in [5.74, 6) is -0.335. The molecule has 2 N–H and O–H groups in total. The summed E-state index contributed by atoms with van der Waals surface area (Å²) in [5.41, 5.74) is 0.690. The summed E-state index contributed by atoms with van der Waals surface area (Å²) in [7, 11) is 1.56. The van der Waals surface area contributed by atoms with Crippen molar-refractivity contribution in [1.29, 1.82) is 0 Å². The SMILES string of the molecule is COc1cccc(N2C[C@H](C(=O)Nc3nnc(SCC(=O)Nc4nccs4)s3)CC2=O)c1. The summed E-state index contributed by atoms with van der Waals surface area (Å²) in [6.45, 7) is 0.273. The first kappa shape index (κ1) is 22.2. The summed E-state index contributed by atoms with van der Waals surface area (Å²) >= 11 is 3.73. The number of methoxy groups -OCH3 is 1. The number of hydrogen-bond donors (Lipinski definition) is 2. The molecule has 0 radical (unpaired) electrons. The molecule has 3 aromatic rings. The lowest BCUT2D eigenvalue weighted by Crippen LogP contribution is -2.28. The highest BCUT2D eigenvalue weighted by Crippen LogP contribution is 2.30. The van der Waals surface area contributed by atoms with Crippen molar-refractivity contribution in [3.05, 3.63) is 35.8 Å². The van der Waals surface area contributed by atoms with Crippen LogP contribution in [-0.4, -0.2) is 52.3 Å². The summed E-state index contributed by atoms with van der Waals surface area (Å²) in [4.78, 5) is 42.6. The number of nitrogens with one attached hydrogen (secondary N) is 2. The van der Waals surface area contributed by atoms with E-state index in [1.807, 2.05) is 0 Å². The minimum Gasteiger partial charge on any atom is -0.497 e. The molecule has 4 rings (SSSR count). The van der Waals surface area contributed by atoms with Gasteiger partial charge in [-0.2, -0.15) is 0 Å². The van der Waals surface area contributed by atoms with Crippen LogP contribution in [-0.2, 0) is 14.4 Å². The van der Waals surface area contributed by atoms with Crippen molar-refractivity contribution < 1.29 is 19.1 Å². The third-order valence-corrected chi connectivity index (χ3v) is 7.16. The van der Waals surface area contributed by atoms with E-state index in [2.05, 4.69) is 25.8 Å². The van der Waals surface area contributed by atoms with Crippen LogP contribution in [0.3, 0.4) is 0 Å². The molecule has 166 valence electrons. The summed E-state index contributed by atoms with van der Waals surface area (Å²) < 4.78 is 5.76. The van der Waals surface area contributed by atoms with Crippen LogP contribution in [0.25, 0.3) is 0 Å². The molecule has 0 unspecified atom stereocenters. The molecule has 13 heteroatoms. The standard InChI is InChI=1S/C19H18N6O4S3/c1-29-13-4-2-3-12(8-13)25-9-11(7-15(25)27)16(28)22-18-23-24-19(32-18)31-10-14(26)21-17-20-5-6-30-17/h2-6,8,11H,7,9-10H2,1H3,(H,20,21,26)(H,22,23,28)/t11-/m1/s1. The molecule has 32 heavy (non-hydrogen) atoms. The average molecular weight is 491 g/mol. The molecule has 3 amide bonds. The molecule has 0 aliphatic carbocycles. The van der Waals surface area contributed by atoms with E-state index in [1.54, 1.807) is 47.9 Å². The largest absolute Gasteiger partial charge is 0.497 e. The topological polar surface area (TPSA) is 126 Å². The van der Waals surface area contributed by atoms with Gasteiger partial charge < -0.3 is 20.3 Å². The highest BCUT2D eigenvalue weighted by molar-refractivity contribution is 8.01. The number of thioether (sulfide) groups is 1. The molecule has 0 bridgehead atoms.